The lowest BCUT2D eigenvalue weighted by Gasteiger charge is -2.17. The second-order valence-corrected chi connectivity index (χ2v) is 5.81. The number of primary amides is 1. The Hall–Kier alpha value is -2.86. The molecule has 0 fully saturated rings. The van der Waals surface area contributed by atoms with Gasteiger partial charge in [-0.15, -0.1) is 0 Å². The minimum atomic E-state index is -0.616. The predicted octanol–water partition coefficient (Wildman–Crippen LogP) is 2.61. The highest BCUT2D eigenvalue weighted by Gasteiger charge is 2.19. The quantitative estimate of drug-likeness (QED) is 0.611. The van der Waals surface area contributed by atoms with Crippen LogP contribution in [0, 0.1) is 0 Å². The average molecular weight is 361 g/mol. The average Bonchev–Trinajstić information content (AvgIpc) is 2.54. The van der Waals surface area contributed by atoms with Crippen LogP contribution in [0.15, 0.2) is 48.5 Å². The summed E-state index contributed by atoms with van der Waals surface area (Å²) in [6, 6.07) is 12.3. The zero-order valence-electron chi connectivity index (χ0n) is 13.5. The zero-order chi connectivity index (χ0) is 18.4. The number of carbonyl (C=O) groups excluding carboxylic acids is 3. The number of ether oxygens (including phenoxy) is 1. The lowest BCUT2D eigenvalue weighted by molar-refractivity contribution is -0.135. The maximum absolute atomic E-state index is 12.2. The van der Waals surface area contributed by atoms with Crippen molar-refractivity contribution < 1.29 is 19.1 Å². The van der Waals surface area contributed by atoms with Crippen LogP contribution >= 0.6 is 11.6 Å². The Labute approximate surface area is 149 Å². The molecule has 0 heterocycles. The van der Waals surface area contributed by atoms with Gasteiger partial charge in [0.15, 0.2) is 0 Å². The summed E-state index contributed by atoms with van der Waals surface area (Å²) in [5, 5.41) is 3.26. The third-order valence-corrected chi connectivity index (χ3v) is 3.62. The van der Waals surface area contributed by atoms with E-state index in [0.717, 1.165) is 5.56 Å². The molecule has 0 radical (unpaired) electrons. The third kappa shape index (κ3) is 5.61. The second kappa shape index (κ2) is 8.30. The van der Waals surface area contributed by atoms with E-state index >= 15 is 0 Å². The van der Waals surface area contributed by atoms with Crippen LogP contribution in [-0.4, -0.2) is 17.8 Å². The summed E-state index contributed by atoms with van der Waals surface area (Å²) in [4.78, 5) is 34.8. The Bertz CT molecular complexity index is 790. The fourth-order valence-corrected chi connectivity index (χ4v) is 2.37. The van der Waals surface area contributed by atoms with Crippen molar-refractivity contribution in [3.63, 3.8) is 0 Å². The van der Waals surface area contributed by atoms with Gasteiger partial charge in [-0.3, -0.25) is 14.4 Å². The van der Waals surface area contributed by atoms with E-state index in [1.165, 1.54) is 19.1 Å². The smallest absolute Gasteiger partial charge is 0.313 e. The van der Waals surface area contributed by atoms with Crippen LogP contribution in [-0.2, 0) is 9.59 Å². The first-order valence-corrected chi connectivity index (χ1v) is 7.86. The van der Waals surface area contributed by atoms with Gasteiger partial charge >= 0.3 is 5.97 Å². The number of esters is 1. The standard InChI is InChI=1S/C18H17ClN2O4/c1-11(22)21-16(12-5-7-14(19)8-6-12)10-17(23)25-15-4-2-3-13(9-15)18(20)24/h2-9,16H,10H2,1H3,(H2,20,24)(H,21,22). The highest BCUT2D eigenvalue weighted by molar-refractivity contribution is 6.30. The van der Waals surface area contributed by atoms with E-state index in [2.05, 4.69) is 5.32 Å². The fourth-order valence-electron chi connectivity index (χ4n) is 2.25. The molecular weight excluding hydrogens is 344 g/mol. The molecule has 0 aromatic heterocycles. The molecule has 2 aromatic rings. The molecule has 2 aromatic carbocycles. The lowest BCUT2D eigenvalue weighted by Crippen LogP contribution is -2.29. The van der Waals surface area contributed by atoms with Gasteiger partial charge in [0.1, 0.15) is 5.75 Å². The Kier molecular flexibility index (Phi) is 6.14. The van der Waals surface area contributed by atoms with Crippen LogP contribution in [0.2, 0.25) is 5.02 Å². The van der Waals surface area contributed by atoms with Crippen molar-refractivity contribution in [2.45, 2.75) is 19.4 Å². The normalized spacial score (nSPS) is 11.4. The number of amides is 2. The lowest BCUT2D eigenvalue weighted by atomic mass is 10.0. The number of nitrogens with two attached hydrogens (primary N) is 1. The molecule has 6 nitrogen and oxygen atoms in total. The van der Waals surface area contributed by atoms with Gasteiger partial charge in [0, 0.05) is 17.5 Å². The molecule has 2 amide bonds. The molecule has 0 aliphatic carbocycles. The molecule has 1 atom stereocenters. The molecule has 3 N–H and O–H groups in total. The van der Waals surface area contributed by atoms with Crippen LogP contribution in [0.25, 0.3) is 0 Å². The van der Waals surface area contributed by atoms with Crippen LogP contribution in [0.5, 0.6) is 5.75 Å². The van der Waals surface area contributed by atoms with E-state index in [9.17, 15) is 14.4 Å². The zero-order valence-corrected chi connectivity index (χ0v) is 14.2. The highest BCUT2D eigenvalue weighted by Crippen LogP contribution is 2.21. The van der Waals surface area contributed by atoms with Crippen molar-refractivity contribution in [2.75, 3.05) is 0 Å². The Morgan fingerprint density at radius 2 is 1.84 bits per heavy atom. The SMILES string of the molecule is CC(=O)NC(CC(=O)Oc1cccc(C(N)=O)c1)c1ccc(Cl)cc1. The van der Waals surface area contributed by atoms with Crippen molar-refractivity contribution in [1.82, 2.24) is 5.32 Å². The summed E-state index contributed by atoms with van der Waals surface area (Å²) in [7, 11) is 0. The molecule has 0 bridgehead atoms. The molecule has 0 saturated heterocycles. The van der Waals surface area contributed by atoms with E-state index in [0.29, 0.717) is 5.02 Å². The monoisotopic (exact) mass is 360 g/mol. The molecule has 1 unspecified atom stereocenters. The van der Waals surface area contributed by atoms with Gasteiger partial charge in [-0.25, -0.2) is 0 Å². The third-order valence-electron chi connectivity index (χ3n) is 3.37. The molecule has 2 rings (SSSR count). The Morgan fingerprint density at radius 1 is 1.16 bits per heavy atom. The number of halogens is 1. The molecule has 0 saturated carbocycles. The summed E-state index contributed by atoms with van der Waals surface area (Å²) in [5.41, 5.74) is 6.16. The number of benzene rings is 2. The van der Waals surface area contributed by atoms with Crippen LogP contribution < -0.4 is 15.8 Å². The first-order chi connectivity index (χ1) is 11.8. The fraction of sp³-hybridized carbons (Fsp3) is 0.167. The van der Waals surface area contributed by atoms with Crippen molar-refractivity contribution in [2.24, 2.45) is 5.73 Å². The molecule has 7 heteroatoms. The molecule has 0 spiro atoms. The van der Waals surface area contributed by atoms with Crippen molar-refractivity contribution >= 4 is 29.4 Å². The summed E-state index contributed by atoms with van der Waals surface area (Å²) >= 11 is 5.86. The molecule has 0 aliphatic heterocycles. The topological polar surface area (TPSA) is 98.5 Å². The van der Waals surface area contributed by atoms with E-state index in [-0.39, 0.29) is 23.6 Å². The number of carbonyl (C=O) groups is 3. The summed E-state index contributed by atoms with van der Waals surface area (Å²) in [5.74, 6) is -1.24. The van der Waals surface area contributed by atoms with E-state index in [1.807, 2.05) is 0 Å². The number of hydrogen-bond donors (Lipinski definition) is 2. The minimum absolute atomic E-state index is 0.0813. The maximum atomic E-state index is 12.2. The molecule has 0 aliphatic rings. The number of nitrogens with one attached hydrogen (secondary N) is 1. The van der Waals surface area contributed by atoms with Crippen molar-refractivity contribution in [1.29, 1.82) is 0 Å². The first kappa shape index (κ1) is 18.5. The predicted molar refractivity (Wildman–Crippen MR) is 93.2 cm³/mol. The van der Waals surface area contributed by atoms with Crippen LogP contribution in [0.3, 0.4) is 0 Å². The summed E-state index contributed by atoms with van der Waals surface area (Å²) < 4.78 is 5.24. The largest absolute Gasteiger partial charge is 0.426 e. The molecule has 25 heavy (non-hydrogen) atoms. The van der Waals surface area contributed by atoms with Gasteiger partial charge in [0.05, 0.1) is 12.5 Å². The highest BCUT2D eigenvalue weighted by atomic mass is 35.5. The first-order valence-electron chi connectivity index (χ1n) is 7.48. The van der Waals surface area contributed by atoms with Gasteiger partial charge in [0.2, 0.25) is 11.8 Å². The number of rotatable bonds is 6. The van der Waals surface area contributed by atoms with Crippen molar-refractivity contribution in [3.05, 3.63) is 64.7 Å². The van der Waals surface area contributed by atoms with Crippen molar-refractivity contribution in [3.8, 4) is 5.75 Å². The van der Waals surface area contributed by atoms with E-state index in [4.69, 9.17) is 22.1 Å². The van der Waals surface area contributed by atoms with Gasteiger partial charge in [-0.1, -0.05) is 29.8 Å². The van der Waals surface area contributed by atoms with E-state index in [1.54, 1.807) is 36.4 Å². The second-order valence-electron chi connectivity index (χ2n) is 5.37. The Balaban J connectivity index is 2.11. The minimum Gasteiger partial charge on any atom is -0.426 e. The van der Waals surface area contributed by atoms with Crippen LogP contribution in [0.1, 0.15) is 35.3 Å². The van der Waals surface area contributed by atoms with Gasteiger partial charge in [-0.05, 0) is 35.9 Å². The number of hydrogen-bond acceptors (Lipinski definition) is 4. The summed E-state index contributed by atoms with van der Waals surface area (Å²) in [6.45, 7) is 1.37. The van der Waals surface area contributed by atoms with Crippen LogP contribution in [0.4, 0.5) is 0 Å². The van der Waals surface area contributed by atoms with Gasteiger partial charge < -0.3 is 15.8 Å². The molecule has 130 valence electrons. The Morgan fingerprint density at radius 3 is 2.44 bits per heavy atom. The van der Waals surface area contributed by atoms with Gasteiger partial charge in [0.25, 0.3) is 0 Å². The molecular formula is C18H17ClN2O4. The maximum Gasteiger partial charge on any atom is 0.313 e. The van der Waals surface area contributed by atoms with E-state index < -0.39 is 17.9 Å². The van der Waals surface area contributed by atoms with Gasteiger partial charge in [-0.2, -0.15) is 0 Å². The summed E-state index contributed by atoms with van der Waals surface area (Å²) in [6.07, 6.45) is -0.0813.